The summed E-state index contributed by atoms with van der Waals surface area (Å²) in [4.78, 5) is 7.04. The molecule has 1 aliphatic heterocycles. The molecule has 2 fully saturated rings. The molecule has 6 nitrogen and oxygen atoms in total. The van der Waals surface area contributed by atoms with Gasteiger partial charge in [0.15, 0.2) is 0 Å². The van der Waals surface area contributed by atoms with Crippen LogP contribution in [0.25, 0.3) is 11.0 Å². The first-order chi connectivity index (χ1) is 14.6. The van der Waals surface area contributed by atoms with Gasteiger partial charge in [0.05, 0.1) is 22.0 Å². The van der Waals surface area contributed by atoms with Gasteiger partial charge in [0, 0.05) is 43.8 Å². The molecular weight excluding hydrogens is 398 g/mol. The summed E-state index contributed by atoms with van der Waals surface area (Å²) in [6, 6.07) is 10.9. The van der Waals surface area contributed by atoms with Crippen molar-refractivity contribution in [3.05, 3.63) is 54.4 Å². The molecule has 1 aromatic carbocycles. The molecule has 3 heterocycles. The van der Waals surface area contributed by atoms with Gasteiger partial charge in [0.25, 0.3) is 10.0 Å². The SMILES string of the molecule is CO[C@@H]1CCN(c2cccc(S(=O)(=O)n3cc(C4CCCC4)c4ncccc43)c2)C1. The van der Waals surface area contributed by atoms with Crippen LogP contribution in [0.15, 0.2) is 53.7 Å². The number of fused-ring (bicyclic) bond motifs is 1. The Hall–Kier alpha value is -2.38. The number of hydrogen-bond acceptors (Lipinski definition) is 5. The van der Waals surface area contributed by atoms with Crippen molar-refractivity contribution in [2.75, 3.05) is 25.1 Å². The molecule has 158 valence electrons. The summed E-state index contributed by atoms with van der Waals surface area (Å²) in [5.41, 5.74) is 3.45. The van der Waals surface area contributed by atoms with E-state index in [0.29, 0.717) is 16.3 Å². The molecule has 1 saturated carbocycles. The van der Waals surface area contributed by atoms with Gasteiger partial charge in [0.2, 0.25) is 0 Å². The van der Waals surface area contributed by atoms with Crippen molar-refractivity contribution >= 4 is 26.7 Å². The monoisotopic (exact) mass is 425 g/mol. The maximum absolute atomic E-state index is 13.7. The average molecular weight is 426 g/mol. The Morgan fingerprint density at radius 2 is 1.93 bits per heavy atom. The third kappa shape index (κ3) is 3.30. The number of ether oxygens (including phenoxy) is 1. The van der Waals surface area contributed by atoms with Crippen LogP contribution in [0.3, 0.4) is 0 Å². The van der Waals surface area contributed by atoms with Crippen LogP contribution in [0.2, 0.25) is 0 Å². The molecule has 1 saturated heterocycles. The van der Waals surface area contributed by atoms with Gasteiger partial charge in [-0.25, -0.2) is 12.4 Å². The van der Waals surface area contributed by atoms with Crippen LogP contribution in [0.4, 0.5) is 5.69 Å². The largest absolute Gasteiger partial charge is 0.380 e. The zero-order valence-corrected chi connectivity index (χ0v) is 18.0. The lowest BCUT2D eigenvalue weighted by Crippen LogP contribution is -2.22. The van der Waals surface area contributed by atoms with Gasteiger partial charge in [-0.05, 0) is 55.5 Å². The van der Waals surface area contributed by atoms with Crippen molar-refractivity contribution < 1.29 is 13.2 Å². The Balaban J connectivity index is 1.56. The number of nitrogens with zero attached hydrogens (tertiary/aromatic N) is 3. The van der Waals surface area contributed by atoms with E-state index in [1.807, 2.05) is 24.4 Å². The van der Waals surface area contributed by atoms with Crippen LogP contribution >= 0.6 is 0 Å². The number of pyridine rings is 1. The molecule has 7 heteroatoms. The molecule has 2 aliphatic rings. The van der Waals surface area contributed by atoms with Gasteiger partial charge >= 0.3 is 0 Å². The van der Waals surface area contributed by atoms with Crippen LogP contribution in [-0.4, -0.2) is 43.7 Å². The van der Waals surface area contributed by atoms with E-state index < -0.39 is 10.0 Å². The molecule has 0 radical (unpaired) electrons. The first-order valence-electron chi connectivity index (χ1n) is 10.7. The number of rotatable bonds is 5. The molecule has 0 N–H and O–H groups in total. The van der Waals surface area contributed by atoms with Gasteiger partial charge in [-0.3, -0.25) is 4.98 Å². The standard InChI is InChI=1S/C23H27N3O3S/c1-29-19-11-13-25(15-19)18-8-4-9-20(14-18)30(27,28)26-16-21(17-6-2-3-7-17)23-22(26)10-5-12-24-23/h4-5,8-10,12,14,16-17,19H,2-3,6-7,11,13,15H2,1H3/t19-/m1/s1. The molecule has 0 spiro atoms. The Kier molecular flexibility index (Phi) is 5.03. The van der Waals surface area contributed by atoms with Gasteiger partial charge in [0.1, 0.15) is 0 Å². The summed E-state index contributed by atoms with van der Waals surface area (Å²) in [5.74, 6) is 0.390. The van der Waals surface area contributed by atoms with Crippen LogP contribution < -0.4 is 4.90 Å². The molecule has 30 heavy (non-hydrogen) atoms. The minimum atomic E-state index is -3.73. The molecule has 0 bridgehead atoms. The second kappa shape index (κ2) is 7.71. The second-order valence-corrected chi connectivity index (χ2v) is 10.1. The van der Waals surface area contributed by atoms with E-state index in [2.05, 4.69) is 9.88 Å². The van der Waals surface area contributed by atoms with E-state index >= 15 is 0 Å². The van der Waals surface area contributed by atoms with Crippen LogP contribution in [0.1, 0.15) is 43.6 Å². The van der Waals surface area contributed by atoms with E-state index in [9.17, 15) is 8.42 Å². The quantitative estimate of drug-likeness (QED) is 0.614. The molecule has 3 aromatic rings. The Bertz CT molecular complexity index is 1170. The van der Waals surface area contributed by atoms with E-state index in [-0.39, 0.29) is 6.10 Å². The zero-order chi connectivity index (χ0) is 20.7. The lowest BCUT2D eigenvalue weighted by atomic mass is 10.00. The summed E-state index contributed by atoms with van der Waals surface area (Å²) >= 11 is 0. The molecule has 1 atom stereocenters. The summed E-state index contributed by atoms with van der Waals surface area (Å²) in [6.07, 6.45) is 9.28. The van der Waals surface area contributed by atoms with Crippen molar-refractivity contribution in [2.45, 2.75) is 49.0 Å². The summed E-state index contributed by atoms with van der Waals surface area (Å²) in [6.45, 7) is 1.65. The van der Waals surface area contributed by atoms with Gasteiger partial charge in [-0.2, -0.15) is 0 Å². The maximum Gasteiger partial charge on any atom is 0.268 e. The van der Waals surface area contributed by atoms with Crippen LogP contribution in [0, 0.1) is 0 Å². The number of methoxy groups -OCH3 is 1. The Morgan fingerprint density at radius 1 is 1.10 bits per heavy atom. The highest BCUT2D eigenvalue weighted by atomic mass is 32.2. The number of anilines is 1. The first kappa shape index (κ1) is 19.6. The van der Waals surface area contributed by atoms with E-state index in [1.54, 1.807) is 31.5 Å². The predicted molar refractivity (Wildman–Crippen MR) is 118 cm³/mol. The van der Waals surface area contributed by atoms with E-state index in [4.69, 9.17) is 4.74 Å². The number of hydrogen-bond donors (Lipinski definition) is 0. The minimum absolute atomic E-state index is 0.193. The van der Waals surface area contributed by atoms with Crippen molar-refractivity contribution in [3.8, 4) is 0 Å². The minimum Gasteiger partial charge on any atom is -0.380 e. The highest BCUT2D eigenvalue weighted by Crippen LogP contribution is 2.39. The second-order valence-electron chi connectivity index (χ2n) is 8.33. The van der Waals surface area contributed by atoms with Gasteiger partial charge < -0.3 is 9.64 Å². The Morgan fingerprint density at radius 3 is 2.70 bits per heavy atom. The third-order valence-electron chi connectivity index (χ3n) is 6.57. The fraction of sp³-hybridized carbons (Fsp3) is 0.435. The zero-order valence-electron chi connectivity index (χ0n) is 17.2. The predicted octanol–water partition coefficient (Wildman–Crippen LogP) is 4.16. The fourth-order valence-corrected chi connectivity index (χ4v) is 6.30. The molecular formula is C23H27N3O3S. The average Bonchev–Trinajstić information content (AvgIpc) is 3.53. The lowest BCUT2D eigenvalue weighted by Gasteiger charge is -2.19. The summed E-state index contributed by atoms with van der Waals surface area (Å²) < 4.78 is 34.2. The fourth-order valence-electron chi connectivity index (χ4n) is 4.90. The van der Waals surface area contributed by atoms with Crippen molar-refractivity contribution in [3.63, 3.8) is 0 Å². The van der Waals surface area contributed by atoms with Crippen LogP contribution in [0.5, 0.6) is 0 Å². The van der Waals surface area contributed by atoms with Crippen LogP contribution in [-0.2, 0) is 14.8 Å². The highest BCUT2D eigenvalue weighted by molar-refractivity contribution is 7.90. The highest BCUT2D eigenvalue weighted by Gasteiger charge is 2.28. The van der Waals surface area contributed by atoms with Gasteiger partial charge in [-0.15, -0.1) is 0 Å². The molecule has 5 rings (SSSR count). The molecule has 2 aromatic heterocycles. The van der Waals surface area contributed by atoms with E-state index in [1.165, 1.54) is 16.8 Å². The van der Waals surface area contributed by atoms with Gasteiger partial charge in [-0.1, -0.05) is 18.9 Å². The van der Waals surface area contributed by atoms with Crippen molar-refractivity contribution in [2.24, 2.45) is 0 Å². The maximum atomic E-state index is 13.7. The first-order valence-corrected chi connectivity index (χ1v) is 12.1. The Labute approximate surface area is 177 Å². The molecule has 0 unspecified atom stereocenters. The smallest absolute Gasteiger partial charge is 0.268 e. The molecule has 0 amide bonds. The summed E-state index contributed by atoms with van der Waals surface area (Å²) in [7, 11) is -2.00. The lowest BCUT2D eigenvalue weighted by molar-refractivity contribution is 0.121. The molecule has 1 aliphatic carbocycles. The number of benzene rings is 1. The third-order valence-corrected chi connectivity index (χ3v) is 8.24. The van der Waals surface area contributed by atoms with E-state index in [0.717, 1.165) is 49.1 Å². The number of aromatic nitrogens is 2. The van der Waals surface area contributed by atoms with Crippen molar-refractivity contribution in [1.29, 1.82) is 0 Å². The van der Waals surface area contributed by atoms with Crippen molar-refractivity contribution in [1.82, 2.24) is 8.96 Å². The normalized spacial score (nSPS) is 20.4. The topological polar surface area (TPSA) is 64.4 Å². The summed E-state index contributed by atoms with van der Waals surface area (Å²) in [5, 5.41) is 0.